The quantitative estimate of drug-likeness (QED) is 0.0695. The lowest BCUT2D eigenvalue weighted by Crippen LogP contribution is -2.35. The molecule has 0 aliphatic carbocycles. The highest BCUT2D eigenvalue weighted by molar-refractivity contribution is 6.05. The van der Waals surface area contributed by atoms with Crippen LogP contribution in [0.4, 0.5) is 17.6 Å². The Balaban J connectivity index is 1.19. The Labute approximate surface area is 343 Å². The van der Waals surface area contributed by atoms with Gasteiger partial charge in [0, 0.05) is 51.4 Å². The molecule has 4 aromatic heterocycles. The normalized spacial score (nSPS) is 11.5. The second-order valence-electron chi connectivity index (χ2n) is 15.1. The van der Waals surface area contributed by atoms with Gasteiger partial charge in [-0.05, 0) is 103 Å². The number of unbranched alkanes of at least 4 members (excludes halogenated alkanes) is 3. The summed E-state index contributed by atoms with van der Waals surface area (Å²) in [6, 6.07) is 12.8. The maximum Gasteiger partial charge on any atom is 0.276 e. The number of primary amides is 1. The third-order valence-corrected chi connectivity index (χ3v) is 10.6. The van der Waals surface area contributed by atoms with Gasteiger partial charge in [0.15, 0.2) is 6.29 Å². The van der Waals surface area contributed by atoms with Gasteiger partial charge in [-0.15, -0.1) is 0 Å². The van der Waals surface area contributed by atoms with E-state index in [0.29, 0.717) is 67.0 Å². The lowest BCUT2D eigenvalue weighted by Gasteiger charge is -2.20. The van der Waals surface area contributed by atoms with Crippen LogP contribution >= 0.6 is 0 Å². The summed E-state index contributed by atoms with van der Waals surface area (Å²) in [5, 5.41) is 15.4. The average molecular weight is 806 g/mol. The van der Waals surface area contributed by atoms with Gasteiger partial charge in [-0.25, -0.2) is 9.97 Å². The van der Waals surface area contributed by atoms with Crippen molar-refractivity contribution in [1.82, 2.24) is 43.6 Å². The minimum atomic E-state index is -0.563. The van der Waals surface area contributed by atoms with Crippen LogP contribution in [0.2, 0.25) is 0 Å². The van der Waals surface area contributed by atoms with Crippen molar-refractivity contribution in [3.05, 3.63) is 76.4 Å². The number of aldehydes is 1. The van der Waals surface area contributed by atoms with Gasteiger partial charge in [-0.2, -0.15) is 10.2 Å². The molecule has 0 fully saturated rings. The number of anilines is 3. The topological polar surface area (TPSA) is 196 Å². The lowest BCUT2D eigenvalue weighted by atomic mass is 10.0. The van der Waals surface area contributed by atoms with Crippen LogP contribution in [0.15, 0.2) is 42.5 Å². The number of nitrogens with two attached hydrogens (primary N) is 1. The van der Waals surface area contributed by atoms with Crippen molar-refractivity contribution in [2.75, 3.05) is 50.3 Å². The van der Waals surface area contributed by atoms with Crippen LogP contribution in [0.25, 0.3) is 22.1 Å². The van der Waals surface area contributed by atoms with E-state index in [0.717, 1.165) is 77.6 Å². The molecule has 0 spiro atoms. The summed E-state index contributed by atoms with van der Waals surface area (Å²) in [6.07, 6.45) is 5.52. The first-order valence-electron chi connectivity index (χ1n) is 20.1. The number of aromatic nitrogens is 8. The van der Waals surface area contributed by atoms with Gasteiger partial charge in [0.1, 0.15) is 16.9 Å². The molecule has 0 aliphatic rings. The summed E-state index contributed by atoms with van der Waals surface area (Å²) in [5.74, 6) is 0.144. The molecule has 6 rings (SSSR count). The third kappa shape index (κ3) is 9.19. The number of carbonyl (C=O) groups is 4. The van der Waals surface area contributed by atoms with Crippen molar-refractivity contribution < 1.29 is 19.2 Å². The van der Waals surface area contributed by atoms with Gasteiger partial charge >= 0.3 is 0 Å². The van der Waals surface area contributed by atoms with Gasteiger partial charge in [0.05, 0.1) is 40.2 Å². The Morgan fingerprint density at radius 1 is 0.847 bits per heavy atom. The van der Waals surface area contributed by atoms with Crippen molar-refractivity contribution in [3.63, 3.8) is 0 Å². The highest BCUT2D eigenvalue weighted by Crippen LogP contribution is 2.30. The summed E-state index contributed by atoms with van der Waals surface area (Å²) >= 11 is 0. The Bertz CT molecular complexity index is 2490. The number of amides is 3. The molecule has 0 aliphatic heterocycles. The molecule has 0 radical (unpaired) electrons. The number of imidazole rings is 2. The molecular formula is C42H55N13O4. The number of nitrogens with one attached hydrogen (secondary N) is 2. The van der Waals surface area contributed by atoms with Crippen LogP contribution in [0.3, 0.4) is 0 Å². The Morgan fingerprint density at radius 3 is 2.25 bits per heavy atom. The number of likely N-dealkylation sites (N-methyl/N-ethyl adjacent to an activating group) is 2. The number of benzene rings is 2. The van der Waals surface area contributed by atoms with Crippen molar-refractivity contribution in [3.8, 4) is 0 Å². The van der Waals surface area contributed by atoms with Crippen molar-refractivity contribution >= 4 is 63.7 Å². The van der Waals surface area contributed by atoms with Gasteiger partial charge in [0.2, 0.25) is 23.7 Å². The summed E-state index contributed by atoms with van der Waals surface area (Å²) in [7, 11) is 7.33. The minimum absolute atomic E-state index is 0.0322. The zero-order valence-electron chi connectivity index (χ0n) is 35.1. The second-order valence-corrected chi connectivity index (χ2v) is 15.1. The number of carbonyl (C=O) groups excluding carboxylic acids is 4. The predicted octanol–water partition coefficient (Wildman–Crippen LogP) is 5.04. The average Bonchev–Trinajstić information content (AvgIpc) is 3.95. The molecule has 59 heavy (non-hydrogen) atoms. The van der Waals surface area contributed by atoms with Gasteiger partial charge < -0.3 is 30.0 Å². The number of rotatable bonds is 20. The molecule has 0 saturated heterocycles. The highest BCUT2D eigenvalue weighted by Gasteiger charge is 2.24. The van der Waals surface area contributed by atoms with E-state index in [1.54, 1.807) is 39.5 Å². The number of nitrogens with zero attached hydrogens (tertiary/aromatic N) is 10. The Morgan fingerprint density at radius 2 is 1.58 bits per heavy atom. The first kappa shape index (κ1) is 42.3. The molecule has 4 heterocycles. The van der Waals surface area contributed by atoms with Gasteiger partial charge in [0.25, 0.3) is 5.91 Å². The predicted molar refractivity (Wildman–Crippen MR) is 229 cm³/mol. The third-order valence-electron chi connectivity index (χ3n) is 10.6. The van der Waals surface area contributed by atoms with E-state index in [9.17, 15) is 19.2 Å². The minimum Gasteiger partial charge on any atom is -0.366 e. The molecule has 4 N–H and O–H groups in total. The molecule has 312 valence electrons. The van der Waals surface area contributed by atoms with Gasteiger partial charge in [-0.1, -0.05) is 12.5 Å². The summed E-state index contributed by atoms with van der Waals surface area (Å²) < 4.78 is 7.56. The van der Waals surface area contributed by atoms with E-state index < -0.39 is 5.91 Å². The van der Waals surface area contributed by atoms with Crippen LogP contribution in [0.5, 0.6) is 0 Å². The molecule has 0 unspecified atom stereocenters. The van der Waals surface area contributed by atoms with Crippen LogP contribution in [0.1, 0.15) is 87.3 Å². The van der Waals surface area contributed by atoms with E-state index in [1.165, 1.54) is 0 Å². The van der Waals surface area contributed by atoms with Gasteiger partial charge in [-0.3, -0.25) is 33.9 Å². The number of para-hydroxylation sites is 1. The molecule has 17 heteroatoms. The standard InChI is InChI=1S/C42H55N13O4/c1-8-54-38(31(28(3)49-54)15-10-9-11-22-55-30(26-56)23-27(2)48-55)40(59)47-42-45-32-24-29(39(43)58)18-19-33(32)52(42)20-12-13-21-53-35-17-14-16-34(37(35)46-41(53)44-4)51(7)36(57)25-50(5)6/h14,16-19,23-24,26H,8-13,15,20-22,25H2,1-7H3,(H2,43,58)(H,44,46)(H,45,47,59). The molecule has 0 saturated carbocycles. The SMILES string of the molecule is CCn1nc(C)c(CCCCCn2nc(C)cc2C=O)c1C(=O)Nc1nc2cc(C(N)=O)ccc2n1CCCCn1c(NC)nc2c(N(C)C(=O)CN(C)C)cccc21. The summed E-state index contributed by atoms with van der Waals surface area (Å²) in [5.41, 5.74) is 13.2. The summed E-state index contributed by atoms with van der Waals surface area (Å²) in [6.45, 7) is 8.35. The molecule has 0 bridgehead atoms. The monoisotopic (exact) mass is 805 g/mol. The fourth-order valence-electron chi connectivity index (χ4n) is 7.62. The first-order chi connectivity index (χ1) is 28.3. The van der Waals surface area contributed by atoms with Crippen LogP contribution in [0, 0.1) is 13.8 Å². The maximum absolute atomic E-state index is 14.2. The van der Waals surface area contributed by atoms with E-state index in [1.807, 2.05) is 75.6 Å². The maximum atomic E-state index is 14.2. The lowest BCUT2D eigenvalue weighted by molar-refractivity contribution is -0.118. The number of fused-ring (bicyclic) bond motifs is 2. The van der Waals surface area contributed by atoms with E-state index in [4.69, 9.17) is 20.8 Å². The van der Waals surface area contributed by atoms with Crippen molar-refractivity contribution in [2.24, 2.45) is 5.73 Å². The van der Waals surface area contributed by atoms with Crippen LogP contribution in [-0.4, -0.2) is 102 Å². The first-order valence-corrected chi connectivity index (χ1v) is 20.1. The molecule has 3 amide bonds. The fourth-order valence-corrected chi connectivity index (χ4v) is 7.62. The molecule has 6 aromatic rings. The smallest absolute Gasteiger partial charge is 0.276 e. The Kier molecular flexibility index (Phi) is 13.2. The van der Waals surface area contributed by atoms with Crippen molar-refractivity contribution in [2.45, 2.75) is 85.5 Å². The fraction of sp³-hybridized carbons (Fsp3) is 0.429. The van der Waals surface area contributed by atoms with E-state index in [-0.39, 0.29) is 18.4 Å². The Hall–Kier alpha value is -6.36. The number of hydrogen-bond acceptors (Lipinski definition) is 10. The number of hydrogen-bond donors (Lipinski definition) is 3. The molecular weight excluding hydrogens is 751 g/mol. The number of aryl methyl sites for hydroxylation is 6. The highest BCUT2D eigenvalue weighted by atomic mass is 16.2. The van der Waals surface area contributed by atoms with E-state index >= 15 is 0 Å². The zero-order valence-corrected chi connectivity index (χ0v) is 35.1. The zero-order chi connectivity index (χ0) is 42.4. The molecule has 0 atom stereocenters. The van der Waals surface area contributed by atoms with Crippen molar-refractivity contribution in [1.29, 1.82) is 0 Å². The second kappa shape index (κ2) is 18.5. The van der Waals surface area contributed by atoms with Crippen LogP contribution < -0.4 is 21.3 Å². The largest absolute Gasteiger partial charge is 0.366 e. The molecule has 17 nitrogen and oxygen atoms in total. The van der Waals surface area contributed by atoms with Crippen LogP contribution in [-0.2, 0) is 37.4 Å². The van der Waals surface area contributed by atoms with E-state index in [2.05, 4.69) is 20.3 Å². The summed E-state index contributed by atoms with van der Waals surface area (Å²) in [4.78, 5) is 63.9. The molecule has 2 aromatic carbocycles.